The molecule has 0 radical (unpaired) electrons. The Kier molecular flexibility index (Phi) is 3.60. The van der Waals surface area contributed by atoms with Crippen LogP contribution in [-0.4, -0.2) is 17.6 Å². The van der Waals surface area contributed by atoms with E-state index in [1.807, 2.05) is 0 Å². The molecule has 0 aliphatic heterocycles. The molecule has 1 amide bonds. The van der Waals surface area contributed by atoms with Crippen LogP contribution in [0.5, 0.6) is 0 Å². The van der Waals surface area contributed by atoms with Crippen LogP contribution in [-0.2, 0) is 0 Å². The molecule has 18 heavy (non-hydrogen) atoms. The predicted octanol–water partition coefficient (Wildman–Crippen LogP) is 2.69. The molecule has 0 atom stereocenters. The molecule has 0 saturated heterocycles. The van der Waals surface area contributed by atoms with Crippen molar-refractivity contribution in [3.63, 3.8) is 0 Å². The molecule has 1 fully saturated rings. The van der Waals surface area contributed by atoms with Crippen LogP contribution in [0.15, 0.2) is 29.5 Å². The highest BCUT2D eigenvalue weighted by Crippen LogP contribution is 2.27. The molecule has 0 unspecified atom stereocenters. The first-order valence-corrected chi connectivity index (χ1v) is 5.71. The second kappa shape index (κ2) is 5.16. The molecule has 1 saturated carbocycles. The van der Waals surface area contributed by atoms with Gasteiger partial charge in [-0.3, -0.25) is 4.79 Å². The van der Waals surface area contributed by atoms with Gasteiger partial charge in [-0.15, -0.1) is 0 Å². The van der Waals surface area contributed by atoms with Gasteiger partial charge in [-0.05, 0) is 37.0 Å². The molecule has 0 bridgehead atoms. The van der Waals surface area contributed by atoms with Crippen molar-refractivity contribution in [3.8, 4) is 0 Å². The van der Waals surface area contributed by atoms with E-state index in [-0.39, 0.29) is 12.3 Å². The zero-order valence-corrected chi connectivity index (χ0v) is 9.67. The molecule has 0 aromatic heterocycles. The summed E-state index contributed by atoms with van der Waals surface area (Å²) in [7, 11) is 0. The van der Waals surface area contributed by atoms with Gasteiger partial charge in [0.05, 0.1) is 6.54 Å². The molecule has 96 valence electrons. The van der Waals surface area contributed by atoms with Crippen LogP contribution in [0.4, 0.5) is 8.78 Å². The number of allylic oxidation sites excluding steroid dienone is 1. The number of carbonyl (C=O) groups excluding carboxylic acids is 1. The summed E-state index contributed by atoms with van der Waals surface area (Å²) in [5.41, 5.74) is 0.271. The number of aliphatic hydroxyl groups is 1. The van der Waals surface area contributed by atoms with Gasteiger partial charge in [0.15, 0.2) is 0 Å². The van der Waals surface area contributed by atoms with Gasteiger partial charge >= 0.3 is 0 Å². The highest BCUT2D eigenvalue weighted by atomic mass is 19.1. The van der Waals surface area contributed by atoms with Gasteiger partial charge in [0.25, 0.3) is 5.91 Å². The number of hydrogen-bond acceptors (Lipinski definition) is 2. The van der Waals surface area contributed by atoms with Crippen molar-refractivity contribution in [2.75, 3.05) is 6.54 Å². The number of aliphatic hydroxyl groups excluding tert-OH is 1. The average Bonchev–Trinajstić information content (AvgIpc) is 2.23. The standard InChI is InChI=1S/C13H13F2NO2/c14-9-5-2-6-10(15)12(9)13(18)16-7-11(17)8-3-1-4-8/h2,5-6,17H,1,3-4,7H2,(H,16,18). The first-order chi connectivity index (χ1) is 8.59. The Balaban J connectivity index is 2.04. The minimum absolute atomic E-state index is 0.0892. The van der Waals surface area contributed by atoms with Crippen molar-refractivity contribution < 1.29 is 18.7 Å². The predicted molar refractivity (Wildman–Crippen MR) is 62.2 cm³/mol. The maximum absolute atomic E-state index is 13.3. The third-order valence-electron chi connectivity index (χ3n) is 2.97. The summed E-state index contributed by atoms with van der Waals surface area (Å²) < 4.78 is 26.6. The number of amides is 1. The Morgan fingerprint density at radius 3 is 2.39 bits per heavy atom. The van der Waals surface area contributed by atoms with Crippen LogP contribution < -0.4 is 5.32 Å². The Bertz CT molecular complexity index is 485. The van der Waals surface area contributed by atoms with Gasteiger partial charge in [-0.25, -0.2) is 8.78 Å². The summed E-state index contributed by atoms with van der Waals surface area (Å²) in [6.45, 7) is -0.0953. The second-order valence-electron chi connectivity index (χ2n) is 4.18. The Morgan fingerprint density at radius 1 is 1.28 bits per heavy atom. The topological polar surface area (TPSA) is 49.3 Å². The fraction of sp³-hybridized carbons (Fsp3) is 0.308. The van der Waals surface area contributed by atoms with E-state index >= 15 is 0 Å². The van der Waals surface area contributed by atoms with E-state index in [1.54, 1.807) is 0 Å². The maximum atomic E-state index is 13.3. The number of nitrogens with one attached hydrogen (secondary N) is 1. The van der Waals surface area contributed by atoms with Crippen molar-refractivity contribution >= 4 is 5.91 Å². The third kappa shape index (κ3) is 2.50. The smallest absolute Gasteiger partial charge is 0.257 e. The van der Waals surface area contributed by atoms with Gasteiger partial charge < -0.3 is 10.4 Å². The molecule has 2 rings (SSSR count). The molecular weight excluding hydrogens is 240 g/mol. The molecular formula is C13H13F2NO2. The van der Waals surface area contributed by atoms with Crippen LogP contribution >= 0.6 is 0 Å². The second-order valence-corrected chi connectivity index (χ2v) is 4.18. The number of benzene rings is 1. The van der Waals surface area contributed by atoms with E-state index in [1.165, 1.54) is 6.07 Å². The van der Waals surface area contributed by atoms with Gasteiger partial charge in [-0.2, -0.15) is 0 Å². The normalized spacial score (nSPS) is 14.0. The van der Waals surface area contributed by atoms with Crippen molar-refractivity contribution in [2.45, 2.75) is 19.3 Å². The van der Waals surface area contributed by atoms with E-state index in [4.69, 9.17) is 0 Å². The van der Waals surface area contributed by atoms with E-state index in [2.05, 4.69) is 5.32 Å². The van der Waals surface area contributed by atoms with E-state index in [9.17, 15) is 18.7 Å². The molecule has 0 spiro atoms. The van der Waals surface area contributed by atoms with Crippen molar-refractivity contribution in [1.82, 2.24) is 5.32 Å². The Morgan fingerprint density at radius 2 is 1.89 bits per heavy atom. The lowest BCUT2D eigenvalue weighted by molar-refractivity contribution is 0.0943. The van der Waals surface area contributed by atoms with Gasteiger partial charge in [0, 0.05) is 0 Å². The van der Waals surface area contributed by atoms with E-state index in [0.717, 1.165) is 37.0 Å². The van der Waals surface area contributed by atoms with Crippen LogP contribution in [0, 0.1) is 11.6 Å². The number of carbonyl (C=O) groups is 1. The maximum Gasteiger partial charge on any atom is 0.257 e. The van der Waals surface area contributed by atoms with Crippen molar-refractivity contribution in [1.29, 1.82) is 0 Å². The molecule has 0 heterocycles. The summed E-state index contributed by atoms with van der Waals surface area (Å²) >= 11 is 0. The summed E-state index contributed by atoms with van der Waals surface area (Å²) in [5.74, 6) is -2.60. The number of halogens is 2. The lowest BCUT2D eigenvalue weighted by Gasteiger charge is -2.18. The quantitative estimate of drug-likeness (QED) is 0.814. The molecule has 5 heteroatoms. The Labute approximate surface area is 103 Å². The minimum Gasteiger partial charge on any atom is -0.510 e. The van der Waals surface area contributed by atoms with E-state index < -0.39 is 23.1 Å². The highest BCUT2D eigenvalue weighted by Gasteiger charge is 2.18. The van der Waals surface area contributed by atoms with Crippen molar-refractivity contribution in [2.24, 2.45) is 0 Å². The first-order valence-electron chi connectivity index (χ1n) is 5.71. The molecule has 1 aromatic carbocycles. The minimum atomic E-state index is -0.914. The highest BCUT2D eigenvalue weighted by molar-refractivity contribution is 5.94. The van der Waals surface area contributed by atoms with Gasteiger partial charge in [0.1, 0.15) is 23.0 Å². The van der Waals surface area contributed by atoms with Crippen LogP contribution in [0.2, 0.25) is 0 Å². The SMILES string of the molecule is O=C(NCC(O)=C1CCC1)c1c(F)cccc1F. The molecule has 1 aromatic rings. The van der Waals surface area contributed by atoms with Crippen LogP contribution in [0.1, 0.15) is 29.6 Å². The zero-order chi connectivity index (χ0) is 13.1. The lowest BCUT2D eigenvalue weighted by Crippen LogP contribution is -2.28. The monoisotopic (exact) mass is 253 g/mol. The first kappa shape index (κ1) is 12.5. The fourth-order valence-corrected chi connectivity index (χ4v) is 1.73. The lowest BCUT2D eigenvalue weighted by atomic mass is 9.91. The largest absolute Gasteiger partial charge is 0.510 e. The Hall–Kier alpha value is -1.91. The zero-order valence-electron chi connectivity index (χ0n) is 9.67. The van der Waals surface area contributed by atoms with Crippen LogP contribution in [0.3, 0.4) is 0 Å². The molecule has 2 N–H and O–H groups in total. The molecule has 3 nitrogen and oxygen atoms in total. The molecule has 1 aliphatic rings. The third-order valence-corrected chi connectivity index (χ3v) is 2.97. The number of rotatable bonds is 3. The fourth-order valence-electron chi connectivity index (χ4n) is 1.73. The number of hydrogen-bond donors (Lipinski definition) is 2. The summed E-state index contributed by atoms with van der Waals surface area (Å²) in [4.78, 5) is 11.6. The van der Waals surface area contributed by atoms with Gasteiger partial charge in [0.2, 0.25) is 0 Å². The van der Waals surface area contributed by atoms with Crippen LogP contribution in [0.25, 0.3) is 0 Å². The van der Waals surface area contributed by atoms with Crippen molar-refractivity contribution in [3.05, 3.63) is 46.7 Å². The van der Waals surface area contributed by atoms with Gasteiger partial charge in [-0.1, -0.05) is 6.07 Å². The summed E-state index contributed by atoms with van der Waals surface area (Å²) in [6.07, 6.45) is 2.65. The summed E-state index contributed by atoms with van der Waals surface area (Å²) in [5, 5.41) is 11.9. The molecule has 1 aliphatic carbocycles. The average molecular weight is 253 g/mol. The summed E-state index contributed by atoms with van der Waals surface area (Å²) in [6, 6.07) is 3.22. The van der Waals surface area contributed by atoms with E-state index in [0.29, 0.717) is 0 Å².